The standard InChI is InChI=1S/C16H18F3N3O2/c1-10(2)7-13(8-20)22-14(23)9-21-15(24)11-3-5-12(6-4-11)16(17,18)19/h3-6,10,13H,7,9H2,1-2H3,(H,21,24)(H,22,23)/t13-/m0/s1. The normalized spacial score (nSPS) is 12.4. The van der Waals surface area contributed by atoms with Gasteiger partial charge >= 0.3 is 6.18 Å². The lowest BCUT2D eigenvalue weighted by Crippen LogP contribution is -2.41. The largest absolute Gasteiger partial charge is 0.416 e. The van der Waals surface area contributed by atoms with E-state index in [2.05, 4.69) is 10.6 Å². The third-order valence-corrected chi connectivity index (χ3v) is 3.08. The first-order valence-corrected chi connectivity index (χ1v) is 7.28. The van der Waals surface area contributed by atoms with Gasteiger partial charge in [-0.15, -0.1) is 0 Å². The summed E-state index contributed by atoms with van der Waals surface area (Å²) in [5.41, 5.74) is -0.850. The number of hydrogen-bond acceptors (Lipinski definition) is 3. The van der Waals surface area contributed by atoms with E-state index in [1.165, 1.54) is 0 Å². The minimum absolute atomic E-state index is 0.00909. The smallest absolute Gasteiger partial charge is 0.343 e. The number of halogens is 3. The molecule has 0 heterocycles. The Morgan fingerprint density at radius 2 is 1.79 bits per heavy atom. The van der Waals surface area contributed by atoms with Crippen molar-refractivity contribution >= 4 is 11.8 Å². The van der Waals surface area contributed by atoms with Crippen molar-refractivity contribution < 1.29 is 22.8 Å². The molecule has 0 aromatic heterocycles. The van der Waals surface area contributed by atoms with Crippen LogP contribution in [0.1, 0.15) is 36.2 Å². The Morgan fingerprint density at radius 1 is 1.21 bits per heavy atom. The summed E-state index contributed by atoms with van der Waals surface area (Å²) in [6.07, 6.45) is -3.99. The fourth-order valence-electron chi connectivity index (χ4n) is 1.93. The molecular weight excluding hydrogens is 323 g/mol. The summed E-state index contributed by atoms with van der Waals surface area (Å²) in [7, 11) is 0. The minimum Gasteiger partial charge on any atom is -0.343 e. The quantitative estimate of drug-likeness (QED) is 0.834. The van der Waals surface area contributed by atoms with Gasteiger partial charge in [-0.05, 0) is 36.6 Å². The number of benzene rings is 1. The Morgan fingerprint density at radius 3 is 2.25 bits per heavy atom. The zero-order valence-corrected chi connectivity index (χ0v) is 13.3. The van der Waals surface area contributed by atoms with Gasteiger partial charge in [-0.2, -0.15) is 18.4 Å². The summed E-state index contributed by atoms with van der Waals surface area (Å²) in [5, 5.41) is 13.7. The van der Waals surface area contributed by atoms with Crippen molar-refractivity contribution in [3.63, 3.8) is 0 Å². The van der Waals surface area contributed by atoms with E-state index < -0.39 is 29.6 Å². The first-order valence-electron chi connectivity index (χ1n) is 7.28. The Balaban J connectivity index is 2.54. The van der Waals surface area contributed by atoms with Crippen molar-refractivity contribution in [3.05, 3.63) is 35.4 Å². The Hall–Kier alpha value is -2.56. The number of nitrogens with one attached hydrogen (secondary N) is 2. The summed E-state index contributed by atoms with van der Waals surface area (Å²) in [6, 6.07) is 4.96. The Kier molecular flexibility index (Phi) is 6.77. The van der Waals surface area contributed by atoms with Gasteiger partial charge in [0.05, 0.1) is 18.2 Å². The van der Waals surface area contributed by atoms with Crippen molar-refractivity contribution in [2.75, 3.05) is 6.54 Å². The highest BCUT2D eigenvalue weighted by Crippen LogP contribution is 2.29. The third-order valence-electron chi connectivity index (χ3n) is 3.08. The average Bonchev–Trinajstić information content (AvgIpc) is 2.50. The fourth-order valence-corrected chi connectivity index (χ4v) is 1.93. The van der Waals surface area contributed by atoms with E-state index in [1.54, 1.807) is 0 Å². The van der Waals surface area contributed by atoms with E-state index in [4.69, 9.17) is 5.26 Å². The molecule has 0 fully saturated rings. The molecule has 5 nitrogen and oxygen atoms in total. The highest BCUT2D eigenvalue weighted by molar-refractivity contribution is 5.96. The van der Waals surface area contributed by atoms with Crippen LogP contribution in [0.2, 0.25) is 0 Å². The molecule has 0 saturated carbocycles. The maximum Gasteiger partial charge on any atom is 0.416 e. The predicted octanol–water partition coefficient (Wildman–Crippen LogP) is 2.49. The van der Waals surface area contributed by atoms with E-state index in [0.29, 0.717) is 6.42 Å². The number of hydrogen-bond donors (Lipinski definition) is 2. The molecule has 0 unspecified atom stereocenters. The van der Waals surface area contributed by atoms with Gasteiger partial charge in [-0.1, -0.05) is 13.8 Å². The van der Waals surface area contributed by atoms with Crippen LogP contribution in [-0.2, 0) is 11.0 Å². The fraction of sp³-hybridized carbons (Fsp3) is 0.438. The molecule has 0 aliphatic heterocycles. The molecule has 2 N–H and O–H groups in total. The molecule has 1 aromatic carbocycles. The van der Waals surface area contributed by atoms with E-state index in [0.717, 1.165) is 24.3 Å². The van der Waals surface area contributed by atoms with Crippen LogP contribution in [0.3, 0.4) is 0 Å². The van der Waals surface area contributed by atoms with E-state index in [1.807, 2.05) is 19.9 Å². The van der Waals surface area contributed by atoms with E-state index in [9.17, 15) is 22.8 Å². The van der Waals surface area contributed by atoms with Crippen LogP contribution >= 0.6 is 0 Å². The maximum absolute atomic E-state index is 12.4. The molecule has 0 radical (unpaired) electrons. The SMILES string of the molecule is CC(C)C[C@@H](C#N)NC(=O)CNC(=O)c1ccc(C(F)(F)F)cc1. The molecule has 0 spiro atoms. The predicted molar refractivity (Wildman–Crippen MR) is 80.8 cm³/mol. The van der Waals surface area contributed by atoms with Gasteiger partial charge in [-0.3, -0.25) is 9.59 Å². The number of alkyl halides is 3. The summed E-state index contributed by atoms with van der Waals surface area (Å²) < 4.78 is 37.3. The van der Waals surface area contributed by atoms with Gasteiger partial charge in [0.15, 0.2) is 0 Å². The molecule has 130 valence electrons. The van der Waals surface area contributed by atoms with Crippen LogP contribution in [0.4, 0.5) is 13.2 Å². The highest BCUT2D eigenvalue weighted by atomic mass is 19.4. The molecule has 24 heavy (non-hydrogen) atoms. The second-order valence-corrected chi connectivity index (χ2v) is 5.64. The molecule has 0 aliphatic rings. The lowest BCUT2D eigenvalue weighted by Gasteiger charge is -2.14. The zero-order valence-electron chi connectivity index (χ0n) is 13.3. The Bertz CT molecular complexity index is 619. The second-order valence-electron chi connectivity index (χ2n) is 5.64. The molecule has 1 rings (SSSR count). The summed E-state index contributed by atoms with van der Waals surface area (Å²) in [6.45, 7) is 3.45. The topological polar surface area (TPSA) is 82.0 Å². The van der Waals surface area contributed by atoms with Crippen molar-refractivity contribution in [1.82, 2.24) is 10.6 Å². The number of rotatable bonds is 6. The van der Waals surface area contributed by atoms with Crippen LogP contribution in [0.25, 0.3) is 0 Å². The lowest BCUT2D eigenvalue weighted by atomic mass is 10.1. The molecule has 8 heteroatoms. The van der Waals surface area contributed by atoms with Gasteiger partial charge < -0.3 is 10.6 Å². The first kappa shape index (κ1) is 19.5. The molecule has 0 saturated heterocycles. The van der Waals surface area contributed by atoms with E-state index in [-0.39, 0.29) is 18.0 Å². The van der Waals surface area contributed by atoms with Crippen LogP contribution in [0, 0.1) is 17.2 Å². The monoisotopic (exact) mass is 341 g/mol. The molecule has 0 aliphatic carbocycles. The van der Waals surface area contributed by atoms with Crippen LogP contribution in [0.5, 0.6) is 0 Å². The number of carbonyl (C=O) groups excluding carboxylic acids is 2. The van der Waals surface area contributed by atoms with Crippen molar-refractivity contribution in [1.29, 1.82) is 5.26 Å². The highest BCUT2D eigenvalue weighted by Gasteiger charge is 2.30. The van der Waals surface area contributed by atoms with Gasteiger partial charge in [0.1, 0.15) is 6.04 Å². The van der Waals surface area contributed by atoms with Crippen LogP contribution in [-0.4, -0.2) is 24.4 Å². The van der Waals surface area contributed by atoms with Crippen molar-refractivity contribution in [3.8, 4) is 6.07 Å². The van der Waals surface area contributed by atoms with Crippen molar-refractivity contribution in [2.24, 2.45) is 5.92 Å². The van der Waals surface area contributed by atoms with Gasteiger partial charge in [0, 0.05) is 5.56 Å². The van der Waals surface area contributed by atoms with Crippen molar-refractivity contribution in [2.45, 2.75) is 32.5 Å². The lowest BCUT2D eigenvalue weighted by molar-refractivity contribution is -0.137. The molecule has 2 amide bonds. The van der Waals surface area contributed by atoms with Crippen LogP contribution in [0.15, 0.2) is 24.3 Å². The number of amides is 2. The maximum atomic E-state index is 12.4. The number of carbonyl (C=O) groups is 2. The summed E-state index contributed by atoms with van der Waals surface area (Å²) in [5.74, 6) is -0.990. The molecule has 1 aromatic rings. The number of nitrogens with zero attached hydrogens (tertiary/aromatic N) is 1. The average molecular weight is 341 g/mol. The molecule has 0 bridgehead atoms. The van der Waals surface area contributed by atoms with E-state index >= 15 is 0 Å². The second kappa shape index (κ2) is 8.34. The molecule has 1 atom stereocenters. The summed E-state index contributed by atoms with van der Waals surface area (Å²) >= 11 is 0. The zero-order chi connectivity index (χ0) is 18.3. The van der Waals surface area contributed by atoms with Crippen LogP contribution < -0.4 is 10.6 Å². The Labute approximate surface area is 137 Å². The third kappa shape index (κ3) is 6.28. The number of nitriles is 1. The summed E-state index contributed by atoms with van der Waals surface area (Å²) in [4.78, 5) is 23.5. The molecular formula is C16H18F3N3O2. The van der Waals surface area contributed by atoms with Gasteiger partial charge in [0.2, 0.25) is 5.91 Å². The minimum atomic E-state index is -4.47. The first-order chi connectivity index (χ1) is 11.1. The van der Waals surface area contributed by atoms with Gasteiger partial charge in [-0.25, -0.2) is 0 Å². The van der Waals surface area contributed by atoms with Gasteiger partial charge in [0.25, 0.3) is 5.91 Å².